The molecule has 4 unspecified atom stereocenters. The number of hydrogen-bond donors (Lipinski definition) is 1. The van der Waals surface area contributed by atoms with Gasteiger partial charge in [-0.05, 0) is 44.7 Å². The molecule has 7 heteroatoms. The van der Waals surface area contributed by atoms with Gasteiger partial charge in [-0.15, -0.1) is 11.8 Å². The molecule has 0 spiro atoms. The van der Waals surface area contributed by atoms with Crippen LogP contribution < -0.4 is 4.74 Å². The lowest BCUT2D eigenvalue weighted by molar-refractivity contribution is -0.0740. The Balaban J connectivity index is 1.36. The Bertz CT molecular complexity index is 1120. The van der Waals surface area contributed by atoms with Gasteiger partial charge in [0.1, 0.15) is 24.2 Å². The maximum absolute atomic E-state index is 11.0. The highest BCUT2D eigenvalue weighted by molar-refractivity contribution is 7.99. The second-order valence-corrected chi connectivity index (χ2v) is 10.4. The number of benzene rings is 3. The van der Waals surface area contributed by atoms with E-state index in [0.29, 0.717) is 32.2 Å². The van der Waals surface area contributed by atoms with Gasteiger partial charge in [0, 0.05) is 26.4 Å². The van der Waals surface area contributed by atoms with Crippen molar-refractivity contribution in [2.24, 2.45) is 0 Å². The van der Waals surface area contributed by atoms with Crippen LogP contribution in [0.1, 0.15) is 27.7 Å². The lowest BCUT2D eigenvalue weighted by atomic mass is 10.0. The predicted molar refractivity (Wildman–Crippen MR) is 141 cm³/mol. The van der Waals surface area contributed by atoms with E-state index in [9.17, 15) is 5.11 Å². The highest BCUT2D eigenvalue weighted by Gasteiger charge is 2.23. The van der Waals surface area contributed by atoms with Crippen LogP contribution in [0.15, 0.2) is 47.4 Å². The molecule has 35 heavy (non-hydrogen) atoms. The van der Waals surface area contributed by atoms with Crippen molar-refractivity contribution in [3.8, 4) is 11.5 Å². The predicted octanol–water partition coefficient (Wildman–Crippen LogP) is 5.80. The molecule has 1 aliphatic rings. The van der Waals surface area contributed by atoms with Crippen molar-refractivity contribution in [1.29, 1.82) is 0 Å². The molecule has 0 aromatic heterocycles. The van der Waals surface area contributed by atoms with E-state index in [1.54, 1.807) is 11.8 Å². The number of fused-ring (bicyclic) bond motifs is 2. The third kappa shape index (κ3) is 7.02. The molecule has 6 nitrogen and oxygen atoms in total. The molecule has 1 heterocycles. The highest BCUT2D eigenvalue weighted by Crippen LogP contribution is 2.43. The molecule has 1 fully saturated rings. The van der Waals surface area contributed by atoms with Crippen molar-refractivity contribution in [3.63, 3.8) is 0 Å². The normalized spacial score (nSPS) is 18.0. The first-order chi connectivity index (χ1) is 17.0. The van der Waals surface area contributed by atoms with E-state index in [1.807, 2.05) is 57.2 Å². The van der Waals surface area contributed by atoms with Gasteiger partial charge in [-0.25, -0.2) is 0 Å². The number of aromatic hydroxyl groups is 1. The van der Waals surface area contributed by atoms with Gasteiger partial charge in [0.25, 0.3) is 0 Å². The molecule has 1 aliphatic heterocycles. The first-order valence-electron chi connectivity index (χ1n) is 12.4. The van der Waals surface area contributed by atoms with E-state index in [0.717, 1.165) is 44.5 Å². The van der Waals surface area contributed by atoms with Crippen LogP contribution in [-0.2, 0) is 18.9 Å². The zero-order valence-electron chi connectivity index (χ0n) is 21.0. The molecule has 1 N–H and O–H groups in total. The third-order valence-electron chi connectivity index (χ3n) is 5.89. The number of ether oxygens (including phenoxy) is 5. The number of hydrogen-bond acceptors (Lipinski definition) is 7. The molecule has 0 bridgehead atoms. The number of phenolic OH excluding ortho intramolecular Hbond substituents is 1. The average molecular weight is 501 g/mol. The Morgan fingerprint density at radius 1 is 0.886 bits per heavy atom. The average Bonchev–Trinajstić information content (AvgIpc) is 3.70. The standard InChI is InChI=1S/C28H36O6S/c1-5-35-22-10-11-25-26(12-22)27(29)23-8-6-7-9-24(23)28(25)34-15-20(4)31-13-18(2)30-14-19(3)32-16-21-17-33-21/h6-12,18-21,29H,5,13-17H2,1-4H3. The maximum atomic E-state index is 11.0. The Hall–Kier alpha value is -2.03. The Morgan fingerprint density at radius 2 is 1.51 bits per heavy atom. The van der Waals surface area contributed by atoms with E-state index in [-0.39, 0.29) is 24.4 Å². The van der Waals surface area contributed by atoms with Gasteiger partial charge >= 0.3 is 0 Å². The monoisotopic (exact) mass is 500 g/mol. The summed E-state index contributed by atoms with van der Waals surface area (Å²) >= 11 is 1.75. The second kappa shape index (κ2) is 12.3. The molecule has 190 valence electrons. The summed E-state index contributed by atoms with van der Waals surface area (Å²) in [5.41, 5.74) is 0. The minimum absolute atomic E-state index is 0.0229. The smallest absolute Gasteiger partial charge is 0.135 e. The van der Waals surface area contributed by atoms with E-state index >= 15 is 0 Å². The van der Waals surface area contributed by atoms with Crippen molar-refractivity contribution in [2.45, 2.75) is 57.0 Å². The molecule has 4 atom stereocenters. The second-order valence-electron chi connectivity index (χ2n) is 9.06. The molecule has 0 amide bonds. The number of thioether (sulfide) groups is 1. The summed E-state index contributed by atoms with van der Waals surface area (Å²) in [5.74, 6) is 2.04. The summed E-state index contributed by atoms with van der Waals surface area (Å²) in [5, 5.41) is 14.4. The molecule has 1 saturated heterocycles. The van der Waals surface area contributed by atoms with Crippen molar-refractivity contribution in [2.75, 3.05) is 38.8 Å². The number of phenols is 1. The fraction of sp³-hybridized carbons (Fsp3) is 0.500. The lowest BCUT2D eigenvalue weighted by Gasteiger charge is -2.21. The van der Waals surface area contributed by atoms with Gasteiger partial charge in [0.2, 0.25) is 0 Å². The van der Waals surface area contributed by atoms with Crippen LogP contribution in [0.4, 0.5) is 0 Å². The Kier molecular flexibility index (Phi) is 9.14. The van der Waals surface area contributed by atoms with Crippen molar-refractivity contribution in [1.82, 2.24) is 0 Å². The molecule has 3 aromatic rings. The van der Waals surface area contributed by atoms with Crippen LogP contribution in [0.2, 0.25) is 0 Å². The van der Waals surface area contributed by atoms with E-state index in [1.165, 1.54) is 0 Å². The highest BCUT2D eigenvalue weighted by atomic mass is 32.2. The SMILES string of the molecule is CCSc1ccc2c(OCC(C)OCC(C)OCC(C)OCC3CO3)c3ccccc3c(O)c2c1. The Labute approximate surface area is 211 Å². The zero-order valence-corrected chi connectivity index (χ0v) is 21.8. The Morgan fingerprint density at radius 3 is 2.20 bits per heavy atom. The largest absolute Gasteiger partial charge is 0.507 e. The summed E-state index contributed by atoms with van der Waals surface area (Å²) in [4.78, 5) is 1.13. The van der Waals surface area contributed by atoms with Crippen LogP contribution in [0, 0.1) is 0 Å². The first kappa shape index (κ1) is 26.0. The van der Waals surface area contributed by atoms with Gasteiger partial charge in [0.15, 0.2) is 0 Å². The summed E-state index contributed by atoms with van der Waals surface area (Å²) in [6.45, 7) is 10.9. The topological polar surface area (TPSA) is 69.7 Å². The van der Waals surface area contributed by atoms with Gasteiger partial charge in [-0.1, -0.05) is 31.2 Å². The van der Waals surface area contributed by atoms with Gasteiger partial charge < -0.3 is 28.8 Å². The van der Waals surface area contributed by atoms with Gasteiger partial charge in [0.05, 0.1) is 44.7 Å². The fourth-order valence-corrected chi connectivity index (χ4v) is 4.59. The van der Waals surface area contributed by atoms with E-state index in [2.05, 4.69) is 13.0 Å². The summed E-state index contributed by atoms with van der Waals surface area (Å²) in [6.07, 6.45) is 0.110. The van der Waals surface area contributed by atoms with E-state index < -0.39 is 0 Å². The molecular weight excluding hydrogens is 464 g/mol. The van der Waals surface area contributed by atoms with E-state index in [4.69, 9.17) is 23.7 Å². The molecule has 0 saturated carbocycles. The minimum atomic E-state index is -0.126. The zero-order chi connectivity index (χ0) is 24.8. The third-order valence-corrected chi connectivity index (χ3v) is 6.77. The molecule has 4 rings (SSSR count). The van der Waals surface area contributed by atoms with Gasteiger partial charge in [-0.3, -0.25) is 0 Å². The first-order valence-corrected chi connectivity index (χ1v) is 13.3. The van der Waals surface area contributed by atoms with Crippen LogP contribution in [0.5, 0.6) is 11.5 Å². The summed E-state index contributed by atoms with van der Waals surface area (Å²) in [6, 6.07) is 14.0. The number of rotatable bonds is 14. The molecule has 0 radical (unpaired) electrons. The molecule has 0 aliphatic carbocycles. The number of epoxide rings is 1. The molecular formula is C28H36O6S. The van der Waals surface area contributed by atoms with Crippen LogP contribution in [0.25, 0.3) is 21.5 Å². The summed E-state index contributed by atoms with van der Waals surface area (Å²) < 4.78 is 29.1. The van der Waals surface area contributed by atoms with Gasteiger partial charge in [-0.2, -0.15) is 0 Å². The minimum Gasteiger partial charge on any atom is -0.507 e. The maximum Gasteiger partial charge on any atom is 0.135 e. The van der Waals surface area contributed by atoms with Crippen molar-refractivity contribution >= 4 is 33.3 Å². The van der Waals surface area contributed by atoms with Crippen LogP contribution in [0.3, 0.4) is 0 Å². The fourth-order valence-electron chi connectivity index (χ4n) is 3.89. The summed E-state index contributed by atoms with van der Waals surface area (Å²) in [7, 11) is 0. The van der Waals surface area contributed by atoms with Crippen molar-refractivity contribution in [3.05, 3.63) is 42.5 Å². The molecule has 3 aromatic carbocycles. The van der Waals surface area contributed by atoms with Crippen molar-refractivity contribution < 1.29 is 28.8 Å². The quantitative estimate of drug-likeness (QED) is 0.170. The van der Waals surface area contributed by atoms with Crippen LogP contribution >= 0.6 is 11.8 Å². The lowest BCUT2D eigenvalue weighted by Crippen LogP contribution is -2.27. The van der Waals surface area contributed by atoms with Crippen LogP contribution in [-0.4, -0.2) is 68.3 Å².